The van der Waals surface area contributed by atoms with E-state index in [1.54, 1.807) is 24.3 Å². The number of nitrogens with one attached hydrogen (secondary N) is 1. The number of anilines is 1. The van der Waals surface area contributed by atoms with E-state index >= 15 is 0 Å². The fourth-order valence-corrected chi connectivity index (χ4v) is 2.40. The Morgan fingerprint density at radius 2 is 1.65 bits per heavy atom. The number of hydrogen-bond donors (Lipinski definition) is 1. The molecule has 1 atom stereocenters. The molecule has 0 aliphatic rings. The van der Waals surface area contributed by atoms with Gasteiger partial charge in [-0.1, -0.05) is 36.4 Å². The quantitative estimate of drug-likeness (QED) is 0.606. The van der Waals surface area contributed by atoms with Gasteiger partial charge in [0.1, 0.15) is 0 Å². The van der Waals surface area contributed by atoms with Crippen molar-refractivity contribution in [1.82, 2.24) is 0 Å². The zero-order chi connectivity index (χ0) is 19.1. The predicted molar refractivity (Wildman–Crippen MR) is 100 cm³/mol. The number of carbonyl (C=O) groups excluding carboxylic acids is 3. The van der Waals surface area contributed by atoms with Gasteiger partial charge in [-0.3, -0.25) is 14.4 Å². The van der Waals surface area contributed by atoms with Crippen LogP contribution in [0.25, 0.3) is 0 Å². The third kappa shape index (κ3) is 5.55. The van der Waals surface area contributed by atoms with Crippen molar-refractivity contribution in [2.24, 2.45) is 0 Å². The summed E-state index contributed by atoms with van der Waals surface area (Å²) in [6, 6.07) is 14.3. The summed E-state index contributed by atoms with van der Waals surface area (Å²) in [5.41, 5.74) is 3.40. The summed E-state index contributed by atoms with van der Waals surface area (Å²) in [7, 11) is 0. The SMILES string of the molecule is Cc1ccc(NC(=O)CCC(=O)O[C@H](C)C(=O)c2ccccc2)cc1C. The minimum atomic E-state index is -0.882. The molecule has 26 heavy (non-hydrogen) atoms. The molecule has 0 aromatic heterocycles. The van der Waals surface area contributed by atoms with Crippen LogP contribution in [0.4, 0.5) is 5.69 Å². The first-order valence-corrected chi connectivity index (χ1v) is 8.52. The molecule has 5 nitrogen and oxygen atoms in total. The zero-order valence-electron chi connectivity index (χ0n) is 15.2. The summed E-state index contributed by atoms with van der Waals surface area (Å²) in [6.07, 6.45) is -0.964. The Balaban J connectivity index is 1.79. The lowest BCUT2D eigenvalue weighted by molar-refractivity contribution is -0.147. The second-order valence-corrected chi connectivity index (χ2v) is 6.21. The lowest BCUT2D eigenvalue weighted by atomic mass is 10.1. The van der Waals surface area contributed by atoms with E-state index in [9.17, 15) is 14.4 Å². The van der Waals surface area contributed by atoms with Gasteiger partial charge in [0, 0.05) is 17.7 Å². The van der Waals surface area contributed by atoms with Crippen molar-refractivity contribution in [2.75, 3.05) is 5.32 Å². The lowest BCUT2D eigenvalue weighted by Gasteiger charge is -2.12. The van der Waals surface area contributed by atoms with Crippen LogP contribution in [0, 0.1) is 13.8 Å². The average Bonchev–Trinajstić information content (AvgIpc) is 2.63. The van der Waals surface area contributed by atoms with Gasteiger partial charge in [-0.15, -0.1) is 0 Å². The van der Waals surface area contributed by atoms with Crippen LogP contribution in [0.1, 0.15) is 41.3 Å². The maximum absolute atomic E-state index is 12.2. The van der Waals surface area contributed by atoms with Crippen molar-refractivity contribution in [1.29, 1.82) is 0 Å². The number of benzene rings is 2. The average molecular weight is 353 g/mol. The molecule has 0 spiro atoms. The van der Waals surface area contributed by atoms with Gasteiger partial charge in [0.15, 0.2) is 6.10 Å². The molecule has 0 saturated carbocycles. The van der Waals surface area contributed by atoms with Crippen LogP contribution in [0.5, 0.6) is 0 Å². The molecule has 0 aliphatic carbocycles. The molecule has 2 aromatic carbocycles. The van der Waals surface area contributed by atoms with Crippen LogP contribution >= 0.6 is 0 Å². The van der Waals surface area contributed by atoms with Crippen LogP contribution in [-0.2, 0) is 14.3 Å². The molecule has 2 aromatic rings. The molecule has 1 N–H and O–H groups in total. The first-order valence-electron chi connectivity index (χ1n) is 8.52. The fraction of sp³-hybridized carbons (Fsp3) is 0.286. The molecule has 0 fully saturated rings. The molecule has 0 saturated heterocycles. The monoisotopic (exact) mass is 353 g/mol. The van der Waals surface area contributed by atoms with Crippen molar-refractivity contribution in [3.8, 4) is 0 Å². The molecule has 0 bridgehead atoms. The molecular formula is C21H23NO4. The van der Waals surface area contributed by atoms with Crippen molar-refractivity contribution < 1.29 is 19.1 Å². The van der Waals surface area contributed by atoms with Crippen LogP contribution in [0.15, 0.2) is 48.5 Å². The molecule has 5 heteroatoms. The number of amides is 1. The Hall–Kier alpha value is -2.95. The summed E-state index contributed by atoms with van der Waals surface area (Å²) in [5.74, 6) is -1.11. The molecule has 2 rings (SSSR count). The third-order valence-electron chi connectivity index (χ3n) is 4.08. The van der Waals surface area contributed by atoms with Gasteiger partial charge in [-0.05, 0) is 44.0 Å². The first-order chi connectivity index (χ1) is 12.4. The molecule has 1 amide bonds. The molecule has 0 radical (unpaired) electrons. The largest absolute Gasteiger partial charge is 0.454 e. The number of ketones is 1. The second kappa shape index (κ2) is 8.94. The molecule has 0 heterocycles. The Morgan fingerprint density at radius 3 is 2.31 bits per heavy atom. The Labute approximate surface area is 153 Å². The predicted octanol–water partition coefficient (Wildman–Crippen LogP) is 3.84. The summed E-state index contributed by atoms with van der Waals surface area (Å²) in [5, 5.41) is 2.75. The Kier molecular flexibility index (Phi) is 6.67. The standard InChI is InChI=1S/C21H23NO4/c1-14-9-10-18(13-15(14)2)22-19(23)11-12-20(24)26-16(3)21(25)17-7-5-4-6-8-17/h4-10,13,16H,11-12H2,1-3H3,(H,22,23)/t16-/m1/s1. The summed E-state index contributed by atoms with van der Waals surface area (Å²) in [4.78, 5) is 36.0. The molecule has 0 aliphatic heterocycles. The van der Waals surface area contributed by atoms with E-state index in [2.05, 4.69) is 5.32 Å². The summed E-state index contributed by atoms with van der Waals surface area (Å²) >= 11 is 0. The van der Waals surface area contributed by atoms with Gasteiger partial charge in [-0.25, -0.2) is 0 Å². The first kappa shape index (κ1) is 19.4. The highest BCUT2D eigenvalue weighted by atomic mass is 16.5. The smallest absolute Gasteiger partial charge is 0.307 e. The minimum Gasteiger partial charge on any atom is -0.454 e. The van der Waals surface area contributed by atoms with E-state index in [4.69, 9.17) is 4.74 Å². The van der Waals surface area contributed by atoms with Crippen molar-refractivity contribution in [3.05, 3.63) is 65.2 Å². The van der Waals surface area contributed by atoms with Crippen LogP contribution < -0.4 is 5.32 Å². The Bertz CT molecular complexity index is 799. The van der Waals surface area contributed by atoms with Gasteiger partial charge in [0.2, 0.25) is 11.7 Å². The van der Waals surface area contributed by atoms with Gasteiger partial charge in [-0.2, -0.15) is 0 Å². The minimum absolute atomic E-state index is 0.00198. The molecular weight excluding hydrogens is 330 g/mol. The fourth-order valence-electron chi connectivity index (χ4n) is 2.40. The van der Waals surface area contributed by atoms with E-state index in [1.165, 1.54) is 6.92 Å². The maximum Gasteiger partial charge on any atom is 0.307 e. The highest BCUT2D eigenvalue weighted by molar-refractivity contribution is 6.00. The number of carbonyl (C=O) groups is 3. The van der Waals surface area contributed by atoms with Gasteiger partial charge in [0.25, 0.3) is 0 Å². The van der Waals surface area contributed by atoms with Gasteiger partial charge < -0.3 is 10.1 Å². The topological polar surface area (TPSA) is 72.5 Å². The number of rotatable bonds is 7. The van der Waals surface area contributed by atoms with Crippen LogP contribution in [0.2, 0.25) is 0 Å². The van der Waals surface area contributed by atoms with E-state index in [0.29, 0.717) is 11.3 Å². The van der Waals surface area contributed by atoms with Crippen molar-refractivity contribution in [2.45, 2.75) is 39.7 Å². The highest BCUT2D eigenvalue weighted by Crippen LogP contribution is 2.15. The zero-order valence-corrected chi connectivity index (χ0v) is 15.2. The third-order valence-corrected chi connectivity index (χ3v) is 4.08. The number of aryl methyl sites for hydroxylation is 2. The lowest BCUT2D eigenvalue weighted by Crippen LogP contribution is -2.25. The number of ether oxygens (including phenoxy) is 1. The van der Waals surface area contributed by atoms with Crippen molar-refractivity contribution >= 4 is 23.3 Å². The number of hydrogen-bond acceptors (Lipinski definition) is 4. The molecule has 0 unspecified atom stereocenters. The molecule has 136 valence electrons. The summed E-state index contributed by atoms with van der Waals surface area (Å²) in [6.45, 7) is 5.49. The van der Waals surface area contributed by atoms with Crippen molar-refractivity contribution in [3.63, 3.8) is 0 Å². The van der Waals surface area contributed by atoms with E-state index < -0.39 is 12.1 Å². The van der Waals surface area contributed by atoms with Crippen LogP contribution in [-0.4, -0.2) is 23.8 Å². The summed E-state index contributed by atoms with van der Waals surface area (Å²) < 4.78 is 5.13. The van der Waals surface area contributed by atoms with Gasteiger partial charge in [0.05, 0.1) is 6.42 Å². The number of Topliss-reactive ketones (excluding diaryl/α,β-unsaturated/α-hetero) is 1. The highest BCUT2D eigenvalue weighted by Gasteiger charge is 2.19. The van der Waals surface area contributed by atoms with E-state index in [1.807, 2.05) is 38.1 Å². The van der Waals surface area contributed by atoms with E-state index in [-0.39, 0.29) is 24.5 Å². The Morgan fingerprint density at radius 1 is 0.962 bits per heavy atom. The van der Waals surface area contributed by atoms with Crippen LogP contribution in [0.3, 0.4) is 0 Å². The van der Waals surface area contributed by atoms with Gasteiger partial charge >= 0.3 is 5.97 Å². The maximum atomic E-state index is 12.2. The second-order valence-electron chi connectivity index (χ2n) is 6.21. The normalized spacial score (nSPS) is 11.5. The van der Waals surface area contributed by atoms with E-state index in [0.717, 1.165) is 11.1 Å². The number of esters is 1.